The number of rotatable bonds is 4. The average Bonchev–Trinajstić information content (AvgIpc) is 3.29. The summed E-state index contributed by atoms with van der Waals surface area (Å²) in [5.41, 5.74) is 0.898. The Morgan fingerprint density at radius 2 is 1.80 bits per heavy atom. The third-order valence-electron chi connectivity index (χ3n) is 5.74. The van der Waals surface area contributed by atoms with Gasteiger partial charge in [-0.1, -0.05) is 30.3 Å². The van der Waals surface area contributed by atoms with Crippen LogP contribution in [0.4, 0.5) is 0 Å². The zero-order chi connectivity index (χ0) is 17.7. The molecule has 0 radical (unpaired) electrons. The Kier molecular flexibility index (Phi) is 3.97. The number of fused-ring (bicyclic) bond motifs is 1. The summed E-state index contributed by atoms with van der Waals surface area (Å²) in [5, 5.41) is 3.99. The van der Waals surface area contributed by atoms with Crippen molar-refractivity contribution in [2.75, 3.05) is 20.2 Å². The van der Waals surface area contributed by atoms with Crippen molar-refractivity contribution in [1.82, 2.24) is 14.1 Å². The van der Waals surface area contributed by atoms with Crippen LogP contribution in [0.2, 0.25) is 0 Å². The molecular formula is C18H23N3O3S. The highest BCUT2D eigenvalue weighted by Gasteiger charge is 2.52. The molecule has 7 heteroatoms. The summed E-state index contributed by atoms with van der Waals surface area (Å²) < 4.78 is 34.7. The smallest absolute Gasteiger partial charge is 0.246 e. The van der Waals surface area contributed by atoms with Crippen LogP contribution in [0.15, 0.2) is 47.6 Å². The molecule has 0 amide bonds. The van der Waals surface area contributed by atoms with Crippen LogP contribution in [0.5, 0.6) is 0 Å². The molecule has 1 saturated heterocycles. The Morgan fingerprint density at radius 3 is 2.32 bits per heavy atom. The number of aromatic nitrogens is 2. The van der Waals surface area contributed by atoms with Gasteiger partial charge in [0.25, 0.3) is 0 Å². The number of benzene rings is 1. The van der Waals surface area contributed by atoms with Crippen LogP contribution in [-0.2, 0) is 27.4 Å². The predicted molar refractivity (Wildman–Crippen MR) is 93.3 cm³/mol. The van der Waals surface area contributed by atoms with Gasteiger partial charge in [0.05, 0.1) is 11.8 Å². The lowest BCUT2D eigenvalue weighted by atomic mass is 9.90. The minimum atomic E-state index is -3.46. The molecular weight excluding hydrogens is 338 g/mol. The van der Waals surface area contributed by atoms with Crippen LogP contribution in [-0.4, -0.2) is 42.7 Å². The summed E-state index contributed by atoms with van der Waals surface area (Å²) >= 11 is 0. The first-order chi connectivity index (χ1) is 11.9. The molecule has 0 N–H and O–H groups in total. The first-order valence-electron chi connectivity index (χ1n) is 8.54. The van der Waals surface area contributed by atoms with Crippen LogP contribution in [0, 0.1) is 11.8 Å². The molecule has 2 fully saturated rings. The standard InChI is InChI=1S/C18H23N3O3S/c1-20-13-17(10-19-20)25(22,23)21-11-14-8-18(24-2,9-15(14)12-21)16-6-4-3-5-7-16/h3-7,10,13-15H,8-9,11-12H2,1-2H3/t14-,15+,18?. The van der Waals surface area contributed by atoms with Crippen molar-refractivity contribution in [3.05, 3.63) is 48.3 Å². The van der Waals surface area contributed by atoms with Crippen molar-refractivity contribution < 1.29 is 13.2 Å². The zero-order valence-corrected chi connectivity index (χ0v) is 15.3. The van der Waals surface area contributed by atoms with Gasteiger partial charge in [-0.25, -0.2) is 8.42 Å². The average molecular weight is 361 g/mol. The fourth-order valence-corrected chi connectivity index (χ4v) is 5.97. The van der Waals surface area contributed by atoms with Crippen molar-refractivity contribution in [3.63, 3.8) is 0 Å². The molecule has 3 atom stereocenters. The lowest BCUT2D eigenvalue weighted by Crippen LogP contribution is -2.33. The van der Waals surface area contributed by atoms with Crippen LogP contribution in [0.1, 0.15) is 18.4 Å². The van der Waals surface area contributed by atoms with Gasteiger partial charge in [-0.3, -0.25) is 4.68 Å². The molecule has 1 aliphatic carbocycles. The largest absolute Gasteiger partial charge is 0.374 e. The quantitative estimate of drug-likeness (QED) is 0.835. The second-order valence-electron chi connectivity index (χ2n) is 7.16. The Labute approximate surface area is 148 Å². The number of sulfonamides is 1. The van der Waals surface area contributed by atoms with Crippen LogP contribution < -0.4 is 0 Å². The Morgan fingerprint density at radius 1 is 1.16 bits per heavy atom. The lowest BCUT2D eigenvalue weighted by Gasteiger charge is -2.30. The van der Waals surface area contributed by atoms with Crippen LogP contribution >= 0.6 is 0 Å². The fraction of sp³-hybridized carbons (Fsp3) is 0.500. The highest BCUT2D eigenvalue weighted by Crippen LogP contribution is 2.51. The van der Waals surface area contributed by atoms with Gasteiger partial charge in [-0.05, 0) is 30.2 Å². The number of aryl methyl sites for hydroxylation is 1. The number of hydrogen-bond donors (Lipinski definition) is 0. The molecule has 25 heavy (non-hydrogen) atoms. The molecule has 2 heterocycles. The minimum absolute atomic E-state index is 0.274. The van der Waals surface area contributed by atoms with Gasteiger partial charge in [0.15, 0.2) is 0 Å². The number of nitrogens with zero attached hydrogens (tertiary/aromatic N) is 3. The number of ether oxygens (including phenoxy) is 1. The molecule has 0 bridgehead atoms. The molecule has 4 rings (SSSR count). The minimum Gasteiger partial charge on any atom is -0.374 e. The van der Waals surface area contributed by atoms with Gasteiger partial charge in [0.2, 0.25) is 10.0 Å². The zero-order valence-electron chi connectivity index (χ0n) is 14.5. The SMILES string of the molecule is COC1(c2ccccc2)C[C@H]2CN(S(=O)(=O)c3cnn(C)c3)C[C@H]2C1. The van der Waals surface area contributed by atoms with Gasteiger partial charge >= 0.3 is 0 Å². The molecule has 6 nitrogen and oxygen atoms in total. The van der Waals surface area contributed by atoms with Crippen molar-refractivity contribution >= 4 is 10.0 Å². The molecule has 2 aliphatic rings. The van der Waals surface area contributed by atoms with Gasteiger partial charge < -0.3 is 4.74 Å². The predicted octanol–water partition coefficient (Wildman–Crippen LogP) is 1.99. The molecule has 2 aromatic rings. The molecule has 1 unspecified atom stereocenters. The maximum atomic E-state index is 12.8. The molecule has 134 valence electrons. The van der Waals surface area contributed by atoms with Crippen LogP contribution in [0.3, 0.4) is 0 Å². The van der Waals surface area contributed by atoms with Crippen molar-refractivity contribution in [3.8, 4) is 0 Å². The fourth-order valence-electron chi connectivity index (χ4n) is 4.43. The van der Waals surface area contributed by atoms with E-state index in [0.717, 1.165) is 12.8 Å². The summed E-state index contributed by atoms with van der Waals surface area (Å²) in [5.74, 6) is 0.651. The molecule has 1 aromatic carbocycles. The lowest BCUT2D eigenvalue weighted by molar-refractivity contribution is -0.0167. The van der Waals surface area contributed by atoms with Crippen molar-refractivity contribution in [2.45, 2.75) is 23.3 Å². The molecule has 1 aromatic heterocycles. The third kappa shape index (κ3) is 2.70. The summed E-state index contributed by atoms with van der Waals surface area (Å²) in [6.07, 6.45) is 4.70. The second kappa shape index (κ2) is 5.93. The van der Waals surface area contributed by atoms with E-state index in [2.05, 4.69) is 17.2 Å². The van der Waals surface area contributed by atoms with Gasteiger partial charge in [-0.15, -0.1) is 0 Å². The Hall–Kier alpha value is -1.70. The van der Waals surface area contributed by atoms with E-state index in [0.29, 0.717) is 24.9 Å². The summed E-state index contributed by atoms with van der Waals surface area (Å²) in [6, 6.07) is 10.3. The maximum absolute atomic E-state index is 12.8. The van der Waals surface area contributed by atoms with Gasteiger partial charge in [0.1, 0.15) is 4.90 Å². The third-order valence-corrected chi connectivity index (χ3v) is 7.52. The topological polar surface area (TPSA) is 64.4 Å². The Bertz CT molecular complexity index is 849. The summed E-state index contributed by atoms with van der Waals surface area (Å²) in [4.78, 5) is 0.274. The van der Waals surface area contributed by atoms with Gasteiger partial charge in [0, 0.05) is 33.4 Å². The van der Waals surface area contributed by atoms with E-state index in [1.165, 1.54) is 16.4 Å². The van der Waals surface area contributed by atoms with E-state index in [4.69, 9.17) is 4.74 Å². The van der Waals surface area contributed by atoms with E-state index >= 15 is 0 Å². The van der Waals surface area contributed by atoms with E-state index in [1.54, 1.807) is 24.7 Å². The van der Waals surface area contributed by atoms with Crippen molar-refractivity contribution in [1.29, 1.82) is 0 Å². The second-order valence-corrected chi connectivity index (χ2v) is 9.10. The summed E-state index contributed by atoms with van der Waals surface area (Å²) in [7, 11) is 0.0295. The highest BCUT2D eigenvalue weighted by molar-refractivity contribution is 7.89. The molecule has 0 spiro atoms. The number of hydrogen-bond acceptors (Lipinski definition) is 4. The Balaban J connectivity index is 1.54. The van der Waals surface area contributed by atoms with E-state index in [1.807, 2.05) is 18.2 Å². The number of methoxy groups -OCH3 is 1. The van der Waals surface area contributed by atoms with Crippen LogP contribution in [0.25, 0.3) is 0 Å². The van der Waals surface area contributed by atoms with Crippen molar-refractivity contribution in [2.24, 2.45) is 18.9 Å². The monoisotopic (exact) mass is 361 g/mol. The molecule has 1 aliphatic heterocycles. The van der Waals surface area contributed by atoms with E-state index in [-0.39, 0.29) is 10.5 Å². The first kappa shape index (κ1) is 16.8. The highest BCUT2D eigenvalue weighted by atomic mass is 32.2. The first-order valence-corrected chi connectivity index (χ1v) is 9.98. The van der Waals surface area contributed by atoms with E-state index < -0.39 is 10.0 Å². The maximum Gasteiger partial charge on any atom is 0.246 e. The molecule has 1 saturated carbocycles. The summed E-state index contributed by atoms with van der Waals surface area (Å²) in [6.45, 7) is 1.11. The normalized spacial score (nSPS) is 29.8. The van der Waals surface area contributed by atoms with E-state index in [9.17, 15) is 8.42 Å². The van der Waals surface area contributed by atoms with Gasteiger partial charge in [-0.2, -0.15) is 9.40 Å².